The van der Waals surface area contributed by atoms with Crippen LogP contribution in [0.15, 0.2) is 78.9 Å². The van der Waals surface area contributed by atoms with Gasteiger partial charge in [0.1, 0.15) is 0 Å². The molecule has 2 aliphatic rings. The molecule has 2 aliphatic heterocycles. The third-order valence-corrected chi connectivity index (χ3v) is 6.93. The lowest BCUT2D eigenvalue weighted by Crippen LogP contribution is -2.45. The molecule has 2 saturated heterocycles. The number of nitrogens with two attached hydrogens (primary N) is 2. The van der Waals surface area contributed by atoms with Crippen LogP contribution < -0.4 is 11.5 Å². The Bertz CT molecular complexity index is 916. The molecule has 3 atom stereocenters. The number of fused-ring (bicyclic) bond motifs is 2. The molecule has 148 valence electrons. The molecule has 0 amide bonds. The van der Waals surface area contributed by atoms with Gasteiger partial charge in [-0.05, 0) is 54.4 Å². The second-order valence-corrected chi connectivity index (χ2v) is 8.57. The Morgan fingerprint density at radius 1 is 0.690 bits per heavy atom. The van der Waals surface area contributed by atoms with Gasteiger partial charge in [0.2, 0.25) is 0 Å². The highest BCUT2D eigenvalue weighted by atomic mass is 15.2. The Morgan fingerprint density at radius 2 is 1.24 bits per heavy atom. The predicted octanol–water partition coefficient (Wildman–Crippen LogP) is 5.35. The third kappa shape index (κ3) is 3.30. The number of hydrogen-bond donors (Lipinski definition) is 2. The number of para-hydroxylation sites is 1. The summed E-state index contributed by atoms with van der Waals surface area (Å²) in [6.45, 7) is 0. The van der Waals surface area contributed by atoms with Gasteiger partial charge in [-0.25, -0.2) is 0 Å². The highest BCUT2D eigenvalue weighted by Crippen LogP contribution is 2.49. The second kappa shape index (κ2) is 7.57. The Balaban J connectivity index is 1.49. The van der Waals surface area contributed by atoms with Gasteiger partial charge in [0.05, 0.1) is 17.4 Å². The summed E-state index contributed by atoms with van der Waals surface area (Å²) < 4.78 is 0. The second-order valence-electron chi connectivity index (χ2n) is 8.57. The van der Waals surface area contributed by atoms with Crippen LogP contribution in [-0.2, 0) is 0 Å². The molecule has 0 aliphatic carbocycles. The summed E-state index contributed by atoms with van der Waals surface area (Å²) in [7, 11) is 0. The quantitative estimate of drug-likeness (QED) is 0.597. The van der Waals surface area contributed by atoms with Crippen molar-refractivity contribution in [1.82, 2.24) is 4.90 Å². The van der Waals surface area contributed by atoms with Crippen LogP contribution in [0.1, 0.15) is 54.3 Å². The highest BCUT2D eigenvalue weighted by molar-refractivity contribution is 5.68. The first-order valence-corrected chi connectivity index (χ1v) is 10.7. The van der Waals surface area contributed by atoms with Gasteiger partial charge in [-0.15, -0.1) is 0 Å². The third-order valence-electron chi connectivity index (χ3n) is 6.93. The van der Waals surface area contributed by atoms with Crippen LogP contribution in [0, 0.1) is 0 Å². The minimum absolute atomic E-state index is 0.314. The maximum absolute atomic E-state index is 6.36. The van der Waals surface area contributed by atoms with Crippen molar-refractivity contribution in [2.75, 3.05) is 11.5 Å². The first kappa shape index (κ1) is 18.3. The van der Waals surface area contributed by atoms with E-state index in [1.54, 1.807) is 0 Å². The lowest BCUT2D eigenvalue weighted by molar-refractivity contribution is 0.0936. The maximum atomic E-state index is 6.36. The predicted molar refractivity (Wildman–Crippen MR) is 121 cm³/mol. The lowest BCUT2D eigenvalue weighted by Gasteiger charge is -2.44. The van der Waals surface area contributed by atoms with Crippen LogP contribution in [0.4, 0.5) is 11.4 Å². The number of nitrogens with zero attached hydrogens (tertiary/aromatic N) is 1. The zero-order chi connectivity index (χ0) is 19.8. The number of piperidine rings is 1. The first-order valence-electron chi connectivity index (χ1n) is 10.7. The summed E-state index contributed by atoms with van der Waals surface area (Å²) in [6, 6.07) is 29.6. The van der Waals surface area contributed by atoms with Gasteiger partial charge in [-0.3, -0.25) is 4.90 Å². The van der Waals surface area contributed by atoms with Crippen LogP contribution in [-0.4, -0.2) is 17.0 Å². The lowest BCUT2D eigenvalue weighted by atomic mass is 9.82. The average Bonchev–Trinajstić information content (AvgIpc) is 3.00. The fraction of sp³-hybridized carbons (Fsp3) is 0.308. The molecule has 0 spiro atoms. The van der Waals surface area contributed by atoms with Crippen LogP contribution in [0.25, 0.3) is 0 Å². The summed E-state index contributed by atoms with van der Waals surface area (Å²) in [5.41, 5.74) is 18.0. The van der Waals surface area contributed by atoms with E-state index in [4.69, 9.17) is 11.5 Å². The minimum atomic E-state index is 0.314. The van der Waals surface area contributed by atoms with Crippen molar-refractivity contribution >= 4 is 11.4 Å². The Morgan fingerprint density at radius 3 is 1.79 bits per heavy atom. The molecule has 2 bridgehead atoms. The SMILES string of the molecule is Nc1cccc(C2C[C@H]3CC[C@@H](C2)N3C(c2ccccc2)c2ccccc2)c1N. The molecular formula is C26H29N3. The molecule has 0 saturated carbocycles. The van der Waals surface area contributed by atoms with Crippen molar-refractivity contribution in [1.29, 1.82) is 0 Å². The van der Waals surface area contributed by atoms with Gasteiger partial charge in [0.15, 0.2) is 0 Å². The van der Waals surface area contributed by atoms with Crippen molar-refractivity contribution in [3.63, 3.8) is 0 Å². The molecule has 0 radical (unpaired) electrons. The van der Waals surface area contributed by atoms with E-state index in [-0.39, 0.29) is 0 Å². The van der Waals surface area contributed by atoms with Gasteiger partial charge < -0.3 is 11.5 Å². The summed E-state index contributed by atoms with van der Waals surface area (Å²) in [5.74, 6) is 0.499. The van der Waals surface area contributed by atoms with Gasteiger partial charge in [0.25, 0.3) is 0 Å². The molecule has 2 heterocycles. The fourth-order valence-corrected chi connectivity index (χ4v) is 5.65. The topological polar surface area (TPSA) is 55.3 Å². The van der Waals surface area contributed by atoms with E-state index in [2.05, 4.69) is 71.6 Å². The molecule has 0 aromatic heterocycles. The molecule has 4 N–H and O–H groups in total. The van der Waals surface area contributed by atoms with E-state index in [1.807, 2.05) is 12.1 Å². The number of anilines is 2. The molecule has 3 nitrogen and oxygen atoms in total. The Labute approximate surface area is 173 Å². The van der Waals surface area contributed by atoms with Gasteiger partial charge in [-0.2, -0.15) is 0 Å². The monoisotopic (exact) mass is 383 g/mol. The first-order chi connectivity index (χ1) is 14.2. The van der Waals surface area contributed by atoms with Crippen molar-refractivity contribution in [2.24, 2.45) is 0 Å². The van der Waals surface area contributed by atoms with Crippen molar-refractivity contribution in [3.05, 3.63) is 95.6 Å². The number of hydrogen-bond acceptors (Lipinski definition) is 3. The maximum Gasteiger partial charge on any atom is 0.0606 e. The molecule has 2 fully saturated rings. The largest absolute Gasteiger partial charge is 0.397 e. The smallest absolute Gasteiger partial charge is 0.0606 e. The van der Waals surface area contributed by atoms with Crippen LogP contribution in [0.3, 0.4) is 0 Å². The van der Waals surface area contributed by atoms with Crippen molar-refractivity contribution in [3.8, 4) is 0 Å². The standard InChI is InChI=1S/C26H29N3/c27-24-13-7-12-23(25(24)28)20-16-21-14-15-22(17-20)29(21)26(18-8-3-1-4-9-18)19-10-5-2-6-11-19/h1-13,20-22,26H,14-17,27-28H2/t20?,21-,22+. The summed E-state index contributed by atoms with van der Waals surface area (Å²) >= 11 is 0. The van der Waals surface area contributed by atoms with E-state index >= 15 is 0 Å². The van der Waals surface area contributed by atoms with Gasteiger partial charge in [-0.1, -0.05) is 72.8 Å². The normalized spacial score (nSPS) is 24.1. The number of rotatable bonds is 4. The van der Waals surface area contributed by atoms with Crippen LogP contribution in [0.2, 0.25) is 0 Å². The van der Waals surface area contributed by atoms with Crippen molar-refractivity contribution in [2.45, 2.75) is 49.7 Å². The summed E-state index contributed by atoms with van der Waals surface area (Å²) in [6.07, 6.45) is 4.83. The molecule has 1 unspecified atom stereocenters. The zero-order valence-corrected chi connectivity index (χ0v) is 16.7. The zero-order valence-electron chi connectivity index (χ0n) is 16.7. The number of nitrogen functional groups attached to an aromatic ring is 2. The van der Waals surface area contributed by atoms with Gasteiger partial charge >= 0.3 is 0 Å². The Kier molecular flexibility index (Phi) is 4.76. The fourth-order valence-electron chi connectivity index (χ4n) is 5.65. The molecule has 3 heteroatoms. The highest BCUT2D eigenvalue weighted by Gasteiger charge is 2.45. The average molecular weight is 384 g/mol. The summed E-state index contributed by atoms with van der Waals surface area (Å²) in [5, 5.41) is 0. The van der Waals surface area contributed by atoms with E-state index in [0.29, 0.717) is 29.7 Å². The van der Waals surface area contributed by atoms with Crippen LogP contribution >= 0.6 is 0 Å². The number of benzene rings is 3. The van der Waals surface area contributed by atoms with E-state index in [9.17, 15) is 0 Å². The summed E-state index contributed by atoms with van der Waals surface area (Å²) in [4.78, 5) is 2.80. The molecule has 3 aromatic rings. The molecule has 3 aromatic carbocycles. The molecular weight excluding hydrogens is 354 g/mol. The minimum Gasteiger partial charge on any atom is -0.397 e. The van der Waals surface area contributed by atoms with Crippen molar-refractivity contribution < 1.29 is 0 Å². The van der Waals surface area contributed by atoms with E-state index in [1.165, 1.54) is 29.5 Å². The van der Waals surface area contributed by atoms with Gasteiger partial charge in [0, 0.05) is 12.1 Å². The molecule has 29 heavy (non-hydrogen) atoms. The Hall–Kier alpha value is -2.78. The van der Waals surface area contributed by atoms with E-state index in [0.717, 1.165) is 18.5 Å². The van der Waals surface area contributed by atoms with Crippen LogP contribution in [0.5, 0.6) is 0 Å². The molecule has 5 rings (SSSR count). The van der Waals surface area contributed by atoms with E-state index < -0.39 is 0 Å².